The van der Waals surface area contributed by atoms with Crippen LogP contribution < -0.4 is 5.32 Å². The fourth-order valence-electron chi connectivity index (χ4n) is 3.56. The number of aromatic amines is 1. The summed E-state index contributed by atoms with van der Waals surface area (Å²) < 4.78 is 0. The molecule has 2 amide bonds. The zero-order valence-electron chi connectivity index (χ0n) is 16.6. The molecule has 1 aliphatic heterocycles. The number of urea groups is 1. The van der Waals surface area contributed by atoms with E-state index in [1.807, 2.05) is 0 Å². The molecule has 0 bridgehead atoms. The minimum absolute atomic E-state index is 0.0958. The molecule has 0 saturated carbocycles. The number of nitrogens with zero attached hydrogens (tertiary/aromatic N) is 3. The fraction of sp³-hybridized carbons (Fsp3) is 0.600. The Hall–Kier alpha value is -2.12. The number of carbonyl (C=O) groups excluding carboxylic acids is 1. The van der Waals surface area contributed by atoms with Crippen LogP contribution in [0.15, 0.2) is 12.1 Å². The number of aliphatic hydroxyl groups excluding tert-OH is 1. The van der Waals surface area contributed by atoms with Gasteiger partial charge in [0.15, 0.2) is 0 Å². The normalized spacial score (nSPS) is 18.0. The van der Waals surface area contributed by atoms with Crippen molar-refractivity contribution in [3.8, 4) is 0 Å². The lowest BCUT2D eigenvalue weighted by molar-refractivity contribution is 0.0702. The molecule has 3 N–H and O–H groups in total. The summed E-state index contributed by atoms with van der Waals surface area (Å²) in [6.45, 7) is 7.93. The van der Waals surface area contributed by atoms with Crippen LogP contribution >= 0.6 is 0 Å². The van der Waals surface area contributed by atoms with E-state index in [0.29, 0.717) is 13.1 Å². The number of carbonyl (C=O) groups is 1. The van der Waals surface area contributed by atoms with Crippen molar-refractivity contribution in [2.24, 2.45) is 0 Å². The Morgan fingerprint density at radius 1 is 1.41 bits per heavy atom. The van der Waals surface area contributed by atoms with Crippen LogP contribution in [0.1, 0.15) is 36.2 Å². The second kappa shape index (κ2) is 8.71. The first-order chi connectivity index (χ1) is 12.9. The summed E-state index contributed by atoms with van der Waals surface area (Å²) in [4.78, 5) is 24.1. The Balaban J connectivity index is 1.43. The number of imidazole rings is 1. The quantitative estimate of drug-likeness (QED) is 0.678. The molecular weight excluding hydrogens is 342 g/mol. The average molecular weight is 374 g/mol. The first-order valence-electron chi connectivity index (χ1n) is 9.77. The maximum Gasteiger partial charge on any atom is 0.317 e. The van der Waals surface area contributed by atoms with Crippen LogP contribution in [0.25, 0.3) is 11.0 Å². The van der Waals surface area contributed by atoms with Gasteiger partial charge in [-0.15, -0.1) is 0 Å². The molecule has 1 aliphatic rings. The van der Waals surface area contributed by atoms with Gasteiger partial charge in [0.05, 0.1) is 23.7 Å². The largest absolute Gasteiger partial charge is 0.392 e. The highest BCUT2D eigenvalue weighted by atomic mass is 16.3. The van der Waals surface area contributed by atoms with Crippen molar-refractivity contribution in [1.82, 2.24) is 25.1 Å². The van der Waals surface area contributed by atoms with E-state index in [1.54, 1.807) is 11.9 Å². The molecule has 2 heterocycles. The summed E-state index contributed by atoms with van der Waals surface area (Å²) in [7, 11) is 1.78. The number of aliphatic hydroxyl groups is 1. The lowest BCUT2D eigenvalue weighted by atomic mass is 10.1. The van der Waals surface area contributed by atoms with Crippen molar-refractivity contribution in [2.75, 3.05) is 33.2 Å². The molecular formula is C20H31N5O2. The molecule has 1 aromatic carbocycles. The van der Waals surface area contributed by atoms with Crippen molar-refractivity contribution >= 4 is 17.1 Å². The first-order valence-corrected chi connectivity index (χ1v) is 9.77. The molecule has 0 radical (unpaired) electrons. The summed E-state index contributed by atoms with van der Waals surface area (Å²) in [6.07, 6.45) is 2.64. The minimum Gasteiger partial charge on any atom is -0.392 e. The van der Waals surface area contributed by atoms with Crippen molar-refractivity contribution in [2.45, 2.75) is 45.8 Å². The second-order valence-corrected chi connectivity index (χ2v) is 7.68. The highest BCUT2D eigenvalue weighted by molar-refractivity contribution is 5.77. The monoisotopic (exact) mass is 373 g/mol. The molecule has 148 valence electrons. The SMILES string of the molecule is Cc1cc2nc(CN(C)C(=O)NCCCN3CCC[C@H](O)C3)[nH]c2cc1C. The maximum absolute atomic E-state index is 12.3. The van der Waals surface area contributed by atoms with Gasteiger partial charge in [-0.2, -0.15) is 0 Å². The van der Waals surface area contributed by atoms with Crippen LogP contribution in [0, 0.1) is 13.8 Å². The Bertz CT molecular complexity index is 749. The van der Waals surface area contributed by atoms with Crippen LogP contribution in [-0.2, 0) is 6.54 Å². The van der Waals surface area contributed by atoms with Gasteiger partial charge in [-0.05, 0) is 69.5 Å². The Labute approximate surface area is 160 Å². The lowest BCUT2D eigenvalue weighted by Crippen LogP contribution is -2.41. The Kier molecular flexibility index (Phi) is 6.34. The van der Waals surface area contributed by atoms with Gasteiger partial charge in [0.2, 0.25) is 0 Å². The van der Waals surface area contributed by atoms with E-state index in [4.69, 9.17) is 0 Å². The minimum atomic E-state index is -0.198. The summed E-state index contributed by atoms with van der Waals surface area (Å²) in [6, 6.07) is 4.07. The van der Waals surface area contributed by atoms with E-state index < -0.39 is 0 Å². The van der Waals surface area contributed by atoms with Gasteiger partial charge in [0, 0.05) is 20.1 Å². The average Bonchev–Trinajstić information content (AvgIpc) is 3.00. The molecule has 27 heavy (non-hydrogen) atoms. The zero-order chi connectivity index (χ0) is 19.4. The topological polar surface area (TPSA) is 84.5 Å². The highest BCUT2D eigenvalue weighted by Gasteiger charge is 2.17. The lowest BCUT2D eigenvalue weighted by Gasteiger charge is -2.29. The smallest absolute Gasteiger partial charge is 0.317 e. The summed E-state index contributed by atoms with van der Waals surface area (Å²) in [5.74, 6) is 0.787. The van der Waals surface area contributed by atoms with Crippen LogP contribution in [0.3, 0.4) is 0 Å². The third-order valence-corrected chi connectivity index (χ3v) is 5.29. The molecule has 1 atom stereocenters. The van der Waals surface area contributed by atoms with E-state index in [9.17, 15) is 9.90 Å². The number of benzene rings is 1. The Morgan fingerprint density at radius 3 is 2.96 bits per heavy atom. The van der Waals surface area contributed by atoms with E-state index in [-0.39, 0.29) is 12.1 Å². The number of piperidine rings is 1. The number of aromatic nitrogens is 2. The molecule has 0 aliphatic carbocycles. The van der Waals surface area contributed by atoms with Crippen molar-refractivity contribution in [3.05, 3.63) is 29.1 Å². The molecule has 0 spiro atoms. The van der Waals surface area contributed by atoms with Crippen LogP contribution in [0.5, 0.6) is 0 Å². The number of amides is 2. The number of aryl methyl sites for hydroxylation is 2. The molecule has 1 saturated heterocycles. The predicted octanol–water partition coefficient (Wildman–Crippen LogP) is 2.17. The van der Waals surface area contributed by atoms with E-state index >= 15 is 0 Å². The summed E-state index contributed by atoms with van der Waals surface area (Å²) in [5.41, 5.74) is 4.38. The number of hydrogen-bond acceptors (Lipinski definition) is 4. The van der Waals surface area contributed by atoms with Gasteiger partial charge in [-0.3, -0.25) is 0 Å². The van der Waals surface area contributed by atoms with Crippen LogP contribution in [0.2, 0.25) is 0 Å². The number of β-amino-alcohol motifs (C(OH)–C–C–N with tert-alkyl or cyclic N) is 1. The molecule has 0 unspecified atom stereocenters. The number of likely N-dealkylation sites (tertiary alicyclic amines) is 1. The van der Waals surface area contributed by atoms with Gasteiger partial charge in [0.1, 0.15) is 5.82 Å². The number of H-pyrrole nitrogens is 1. The first kappa shape index (κ1) is 19.6. The molecule has 1 aromatic heterocycles. The molecule has 2 aromatic rings. The van der Waals surface area contributed by atoms with Crippen molar-refractivity contribution < 1.29 is 9.90 Å². The number of hydrogen-bond donors (Lipinski definition) is 3. The molecule has 7 heteroatoms. The molecule has 7 nitrogen and oxygen atoms in total. The molecule has 3 rings (SSSR count). The van der Waals surface area contributed by atoms with Crippen molar-refractivity contribution in [3.63, 3.8) is 0 Å². The summed E-state index contributed by atoms with van der Waals surface area (Å²) >= 11 is 0. The zero-order valence-corrected chi connectivity index (χ0v) is 16.6. The third-order valence-electron chi connectivity index (χ3n) is 5.29. The Morgan fingerprint density at radius 2 is 2.19 bits per heavy atom. The van der Waals surface area contributed by atoms with Gasteiger partial charge in [0.25, 0.3) is 0 Å². The maximum atomic E-state index is 12.3. The highest BCUT2D eigenvalue weighted by Crippen LogP contribution is 2.17. The van der Waals surface area contributed by atoms with Gasteiger partial charge >= 0.3 is 6.03 Å². The number of rotatable bonds is 6. The third kappa shape index (κ3) is 5.20. The molecule has 1 fully saturated rings. The van der Waals surface area contributed by atoms with E-state index in [1.165, 1.54) is 11.1 Å². The standard InChI is InChI=1S/C20H31N5O2/c1-14-10-17-18(11-15(14)2)23-19(22-17)13-24(3)20(27)21-7-5-9-25-8-4-6-16(26)12-25/h10-11,16,26H,4-9,12-13H2,1-3H3,(H,21,27)(H,22,23)/t16-/m0/s1. The van der Waals surface area contributed by atoms with Crippen molar-refractivity contribution in [1.29, 1.82) is 0 Å². The van der Waals surface area contributed by atoms with Gasteiger partial charge in [-0.25, -0.2) is 9.78 Å². The number of fused-ring (bicyclic) bond motifs is 1. The van der Waals surface area contributed by atoms with E-state index in [2.05, 4.69) is 46.2 Å². The summed E-state index contributed by atoms with van der Waals surface area (Å²) in [5, 5.41) is 12.7. The van der Waals surface area contributed by atoms with Crippen LogP contribution in [-0.4, -0.2) is 70.2 Å². The van der Waals surface area contributed by atoms with E-state index in [0.717, 1.165) is 55.8 Å². The predicted molar refractivity (Wildman–Crippen MR) is 107 cm³/mol. The fourth-order valence-corrected chi connectivity index (χ4v) is 3.56. The van der Waals surface area contributed by atoms with Gasteiger partial charge < -0.3 is 25.2 Å². The van der Waals surface area contributed by atoms with Crippen LogP contribution in [0.4, 0.5) is 4.79 Å². The number of nitrogens with one attached hydrogen (secondary N) is 2. The van der Waals surface area contributed by atoms with Gasteiger partial charge in [-0.1, -0.05) is 0 Å². The second-order valence-electron chi connectivity index (χ2n) is 7.68.